The summed E-state index contributed by atoms with van der Waals surface area (Å²) in [6.07, 6.45) is 1.66. The normalized spacial score (nSPS) is 15.3. The second-order valence-corrected chi connectivity index (χ2v) is 7.88. The molecule has 0 atom stereocenters. The molecule has 1 N–H and O–H groups in total. The van der Waals surface area contributed by atoms with Crippen molar-refractivity contribution >= 4 is 23.2 Å². The van der Waals surface area contributed by atoms with E-state index in [2.05, 4.69) is 20.4 Å². The van der Waals surface area contributed by atoms with Gasteiger partial charge in [-0.05, 0) is 74.8 Å². The molecule has 1 saturated heterocycles. The first-order valence-electron chi connectivity index (χ1n) is 9.86. The maximum absolute atomic E-state index is 13.1. The van der Waals surface area contributed by atoms with Gasteiger partial charge in [-0.1, -0.05) is 22.8 Å². The SMILES string of the molecule is Cc1c(Cl)cccc1NC(=O)CN1CCC(c2nc(-c3ccc(F)cc3)no2)CC1. The van der Waals surface area contributed by atoms with Gasteiger partial charge in [-0.15, -0.1) is 0 Å². The number of piperidine rings is 1. The zero-order chi connectivity index (χ0) is 21.1. The number of hydrogen-bond donors (Lipinski definition) is 1. The third kappa shape index (κ3) is 4.68. The van der Waals surface area contributed by atoms with E-state index in [1.54, 1.807) is 18.2 Å². The summed E-state index contributed by atoms with van der Waals surface area (Å²) in [5, 5.41) is 7.59. The van der Waals surface area contributed by atoms with Gasteiger partial charge in [0.1, 0.15) is 5.82 Å². The number of hydrogen-bond acceptors (Lipinski definition) is 5. The molecule has 1 aliphatic rings. The van der Waals surface area contributed by atoms with Gasteiger partial charge in [0.15, 0.2) is 0 Å². The lowest BCUT2D eigenvalue weighted by Crippen LogP contribution is -2.38. The summed E-state index contributed by atoms with van der Waals surface area (Å²) in [4.78, 5) is 19.0. The van der Waals surface area contributed by atoms with Crippen molar-refractivity contribution in [1.82, 2.24) is 15.0 Å². The van der Waals surface area contributed by atoms with E-state index in [0.29, 0.717) is 23.3 Å². The molecule has 0 bridgehead atoms. The van der Waals surface area contributed by atoms with Crippen LogP contribution in [0, 0.1) is 12.7 Å². The van der Waals surface area contributed by atoms with Crippen LogP contribution in [0.15, 0.2) is 47.0 Å². The Hall–Kier alpha value is -2.77. The number of likely N-dealkylation sites (tertiary alicyclic amines) is 1. The van der Waals surface area contributed by atoms with Crippen LogP contribution >= 0.6 is 11.6 Å². The minimum absolute atomic E-state index is 0.0600. The molecule has 0 radical (unpaired) electrons. The van der Waals surface area contributed by atoms with Crippen LogP contribution in [0.25, 0.3) is 11.4 Å². The number of anilines is 1. The van der Waals surface area contributed by atoms with Gasteiger partial charge in [0.25, 0.3) is 0 Å². The van der Waals surface area contributed by atoms with Gasteiger partial charge in [0.05, 0.1) is 6.54 Å². The van der Waals surface area contributed by atoms with Crippen LogP contribution < -0.4 is 5.32 Å². The number of rotatable bonds is 5. The zero-order valence-corrected chi connectivity index (χ0v) is 17.3. The number of benzene rings is 2. The highest BCUT2D eigenvalue weighted by molar-refractivity contribution is 6.31. The molecule has 1 aromatic heterocycles. The fraction of sp³-hybridized carbons (Fsp3) is 0.318. The number of carbonyl (C=O) groups excluding carboxylic acids is 1. The van der Waals surface area contributed by atoms with Gasteiger partial charge in [-0.3, -0.25) is 9.69 Å². The minimum atomic E-state index is -0.301. The number of carbonyl (C=O) groups is 1. The lowest BCUT2D eigenvalue weighted by Gasteiger charge is -2.29. The van der Waals surface area contributed by atoms with Gasteiger partial charge >= 0.3 is 0 Å². The van der Waals surface area contributed by atoms with Gasteiger partial charge in [-0.25, -0.2) is 4.39 Å². The molecular weight excluding hydrogens is 407 g/mol. The highest BCUT2D eigenvalue weighted by Crippen LogP contribution is 2.29. The molecule has 0 saturated carbocycles. The Morgan fingerprint density at radius 1 is 1.23 bits per heavy atom. The quantitative estimate of drug-likeness (QED) is 0.640. The summed E-state index contributed by atoms with van der Waals surface area (Å²) >= 11 is 6.11. The fourth-order valence-electron chi connectivity index (χ4n) is 3.59. The first-order valence-corrected chi connectivity index (χ1v) is 10.2. The number of nitrogens with one attached hydrogen (secondary N) is 1. The number of amides is 1. The summed E-state index contributed by atoms with van der Waals surface area (Å²) in [5.41, 5.74) is 2.32. The summed E-state index contributed by atoms with van der Waals surface area (Å²) in [6, 6.07) is 11.5. The van der Waals surface area contributed by atoms with Crippen LogP contribution in [0.3, 0.4) is 0 Å². The number of nitrogens with zero attached hydrogens (tertiary/aromatic N) is 3. The van der Waals surface area contributed by atoms with E-state index in [4.69, 9.17) is 16.1 Å². The van der Waals surface area contributed by atoms with E-state index in [1.165, 1.54) is 12.1 Å². The maximum Gasteiger partial charge on any atom is 0.238 e. The topological polar surface area (TPSA) is 71.3 Å². The third-order valence-electron chi connectivity index (χ3n) is 5.39. The van der Waals surface area contributed by atoms with Crippen LogP contribution in [-0.2, 0) is 4.79 Å². The molecule has 0 unspecified atom stereocenters. The van der Waals surface area contributed by atoms with Crippen LogP contribution in [-0.4, -0.2) is 40.6 Å². The Kier molecular flexibility index (Phi) is 6.11. The summed E-state index contributed by atoms with van der Waals surface area (Å²) < 4.78 is 18.5. The molecule has 1 fully saturated rings. The first kappa shape index (κ1) is 20.5. The van der Waals surface area contributed by atoms with Crippen LogP contribution in [0.4, 0.5) is 10.1 Å². The molecule has 156 valence electrons. The van der Waals surface area contributed by atoms with Crippen molar-refractivity contribution in [3.8, 4) is 11.4 Å². The van der Waals surface area contributed by atoms with Gasteiger partial charge in [0, 0.05) is 22.2 Å². The van der Waals surface area contributed by atoms with Crippen molar-refractivity contribution in [1.29, 1.82) is 0 Å². The van der Waals surface area contributed by atoms with Crippen molar-refractivity contribution in [3.05, 3.63) is 64.8 Å². The fourth-order valence-corrected chi connectivity index (χ4v) is 3.77. The van der Waals surface area contributed by atoms with Crippen LogP contribution in [0.1, 0.15) is 30.2 Å². The van der Waals surface area contributed by atoms with Crippen molar-refractivity contribution in [3.63, 3.8) is 0 Å². The van der Waals surface area contributed by atoms with E-state index in [0.717, 1.165) is 42.7 Å². The van der Waals surface area contributed by atoms with Crippen LogP contribution in [0.2, 0.25) is 5.02 Å². The molecule has 8 heteroatoms. The molecule has 1 amide bonds. The highest BCUT2D eigenvalue weighted by atomic mass is 35.5. The molecule has 3 aromatic rings. The standard InChI is InChI=1S/C22H22ClFN4O2/c1-14-18(23)3-2-4-19(14)25-20(29)13-28-11-9-16(10-12-28)22-26-21(27-30-22)15-5-7-17(24)8-6-15/h2-8,16H,9-13H2,1H3,(H,25,29). The Morgan fingerprint density at radius 2 is 1.97 bits per heavy atom. The Morgan fingerprint density at radius 3 is 2.70 bits per heavy atom. The van der Waals surface area contributed by atoms with Crippen molar-refractivity contribution in [2.24, 2.45) is 0 Å². The maximum atomic E-state index is 13.1. The predicted octanol–water partition coefficient (Wildman–Crippen LogP) is 4.66. The van der Waals surface area contributed by atoms with E-state index in [-0.39, 0.29) is 17.6 Å². The molecule has 30 heavy (non-hydrogen) atoms. The van der Waals surface area contributed by atoms with E-state index < -0.39 is 0 Å². The Bertz CT molecular complexity index is 1030. The largest absolute Gasteiger partial charge is 0.339 e. The van der Waals surface area contributed by atoms with Crippen molar-refractivity contribution in [2.45, 2.75) is 25.7 Å². The second-order valence-electron chi connectivity index (χ2n) is 7.47. The molecule has 0 spiro atoms. The summed E-state index contributed by atoms with van der Waals surface area (Å²) in [5.74, 6) is 0.845. The molecule has 2 heterocycles. The van der Waals surface area contributed by atoms with Crippen LogP contribution in [0.5, 0.6) is 0 Å². The third-order valence-corrected chi connectivity index (χ3v) is 5.80. The van der Waals surface area contributed by atoms with E-state index in [1.807, 2.05) is 19.1 Å². The molecule has 2 aromatic carbocycles. The summed E-state index contributed by atoms with van der Waals surface area (Å²) in [7, 11) is 0. The monoisotopic (exact) mass is 428 g/mol. The van der Waals surface area contributed by atoms with Crippen molar-refractivity contribution in [2.75, 3.05) is 25.0 Å². The molecular formula is C22H22ClFN4O2. The number of halogens is 2. The van der Waals surface area contributed by atoms with Gasteiger partial charge in [-0.2, -0.15) is 4.98 Å². The minimum Gasteiger partial charge on any atom is -0.339 e. The van der Waals surface area contributed by atoms with E-state index in [9.17, 15) is 9.18 Å². The zero-order valence-electron chi connectivity index (χ0n) is 16.6. The average Bonchev–Trinajstić information content (AvgIpc) is 3.23. The lowest BCUT2D eigenvalue weighted by atomic mass is 9.97. The highest BCUT2D eigenvalue weighted by Gasteiger charge is 2.26. The molecule has 6 nitrogen and oxygen atoms in total. The van der Waals surface area contributed by atoms with Gasteiger partial charge < -0.3 is 9.84 Å². The summed E-state index contributed by atoms with van der Waals surface area (Å²) in [6.45, 7) is 3.74. The Labute approximate surface area is 179 Å². The predicted molar refractivity (Wildman–Crippen MR) is 113 cm³/mol. The number of aromatic nitrogens is 2. The lowest BCUT2D eigenvalue weighted by molar-refractivity contribution is -0.117. The molecule has 1 aliphatic heterocycles. The Balaban J connectivity index is 1.30. The smallest absolute Gasteiger partial charge is 0.238 e. The average molecular weight is 429 g/mol. The van der Waals surface area contributed by atoms with Crippen molar-refractivity contribution < 1.29 is 13.7 Å². The first-order chi connectivity index (χ1) is 14.5. The molecule has 0 aliphatic carbocycles. The molecule has 4 rings (SSSR count). The second kappa shape index (κ2) is 8.93. The van der Waals surface area contributed by atoms with E-state index >= 15 is 0 Å². The van der Waals surface area contributed by atoms with Gasteiger partial charge in [0.2, 0.25) is 17.6 Å².